The Labute approximate surface area is 92.2 Å². The van der Waals surface area contributed by atoms with Crippen molar-refractivity contribution in [1.82, 2.24) is 5.32 Å². The van der Waals surface area contributed by atoms with Crippen LogP contribution in [0, 0.1) is 5.92 Å². The van der Waals surface area contributed by atoms with Crippen molar-refractivity contribution in [3.05, 3.63) is 0 Å². The second-order valence-corrected chi connectivity index (χ2v) is 5.31. The molecule has 1 heterocycles. The molecule has 0 bridgehead atoms. The largest absolute Gasteiger partial charge is 0.378 e. The van der Waals surface area contributed by atoms with E-state index in [0.717, 1.165) is 13.2 Å². The third kappa shape index (κ3) is 4.20. The Hall–Kier alpha value is 0.270. The normalized spacial score (nSPS) is 28.3. The molecule has 3 heteroatoms. The Bertz CT molecular complexity index is 152. The van der Waals surface area contributed by atoms with E-state index in [2.05, 4.69) is 25.4 Å². The van der Waals surface area contributed by atoms with Crippen LogP contribution in [0.15, 0.2) is 0 Å². The number of ether oxygens (including phenoxy) is 1. The highest BCUT2D eigenvalue weighted by atomic mass is 32.2. The zero-order valence-corrected chi connectivity index (χ0v) is 10.4. The minimum Gasteiger partial charge on any atom is -0.378 e. The molecule has 1 rings (SSSR count). The standard InChI is InChI=1S/C11H23NOS/c1-9(2)11-8-10(4-6-13-11)12-5-7-14-3/h9-12H,4-8H2,1-3H3. The fourth-order valence-electron chi connectivity index (χ4n) is 1.84. The van der Waals surface area contributed by atoms with Crippen LogP contribution < -0.4 is 5.32 Å². The van der Waals surface area contributed by atoms with E-state index < -0.39 is 0 Å². The second kappa shape index (κ2) is 6.70. The minimum absolute atomic E-state index is 0.468. The van der Waals surface area contributed by atoms with E-state index in [1.807, 2.05) is 11.8 Å². The summed E-state index contributed by atoms with van der Waals surface area (Å²) in [7, 11) is 0. The van der Waals surface area contributed by atoms with Gasteiger partial charge in [-0.2, -0.15) is 11.8 Å². The molecule has 2 nitrogen and oxygen atoms in total. The van der Waals surface area contributed by atoms with Gasteiger partial charge in [0.05, 0.1) is 6.10 Å². The predicted octanol–water partition coefficient (Wildman–Crippen LogP) is 2.14. The SMILES string of the molecule is CSCCNC1CCOC(C(C)C)C1. The smallest absolute Gasteiger partial charge is 0.0612 e. The Morgan fingerprint density at radius 1 is 1.50 bits per heavy atom. The van der Waals surface area contributed by atoms with Crippen LogP contribution in [0.5, 0.6) is 0 Å². The van der Waals surface area contributed by atoms with Crippen molar-refractivity contribution in [3.8, 4) is 0 Å². The average Bonchev–Trinajstić information content (AvgIpc) is 2.19. The molecule has 0 amide bonds. The number of hydrogen-bond donors (Lipinski definition) is 1. The van der Waals surface area contributed by atoms with Gasteiger partial charge in [-0.3, -0.25) is 0 Å². The van der Waals surface area contributed by atoms with Gasteiger partial charge in [-0.1, -0.05) is 13.8 Å². The number of rotatable bonds is 5. The molecular formula is C11H23NOS. The maximum Gasteiger partial charge on any atom is 0.0612 e. The van der Waals surface area contributed by atoms with Gasteiger partial charge < -0.3 is 10.1 Å². The Kier molecular flexibility index (Phi) is 5.90. The molecule has 0 saturated carbocycles. The van der Waals surface area contributed by atoms with Gasteiger partial charge in [-0.05, 0) is 25.0 Å². The first-order valence-corrected chi connectivity index (χ1v) is 6.97. The van der Waals surface area contributed by atoms with E-state index >= 15 is 0 Å². The van der Waals surface area contributed by atoms with Crippen LogP contribution in [0.4, 0.5) is 0 Å². The van der Waals surface area contributed by atoms with E-state index in [4.69, 9.17) is 4.74 Å². The van der Waals surface area contributed by atoms with Gasteiger partial charge in [0.25, 0.3) is 0 Å². The summed E-state index contributed by atoms with van der Waals surface area (Å²) in [5.41, 5.74) is 0. The van der Waals surface area contributed by atoms with Crippen molar-refractivity contribution in [2.75, 3.05) is 25.2 Å². The van der Waals surface area contributed by atoms with Gasteiger partial charge in [-0.25, -0.2) is 0 Å². The van der Waals surface area contributed by atoms with Crippen molar-refractivity contribution in [2.24, 2.45) is 5.92 Å². The molecule has 0 aromatic rings. The fraction of sp³-hybridized carbons (Fsp3) is 1.00. The van der Waals surface area contributed by atoms with Crippen molar-refractivity contribution >= 4 is 11.8 Å². The number of hydrogen-bond acceptors (Lipinski definition) is 3. The lowest BCUT2D eigenvalue weighted by Crippen LogP contribution is -2.41. The molecule has 1 N–H and O–H groups in total. The molecule has 14 heavy (non-hydrogen) atoms. The lowest BCUT2D eigenvalue weighted by molar-refractivity contribution is -0.0239. The van der Waals surface area contributed by atoms with Crippen LogP contribution in [-0.2, 0) is 4.74 Å². The molecule has 2 unspecified atom stereocenters. The average molecular weight is 217 g/mol. The molecule has 1 aliphatic rings. The first-order chi connectivity index (χ1) is 6.74. The fourth-order valence-corrected chi connectivity index (χ4v) is 2.17. The maximum atomic E-state index is 5.73. The van der Waals surface area contributed by atoms with Crippen LogP contribution >= 0.6 is 11.8 Å². The lowest BCUT2D eigenvalue weighted by atomic mass is 9.95. The summed E-state index contributed by atoms with van der Waals surface area (Å²) < 4.78 is 5.73. The minimum atomic E-state index is 0.468. The maximum absolute atomic E-state index is 5.73. The summed E-state index contributed by atoms with van der Waals surface area (Å²) in [6, 6.07) is 0.684. The van der Waals surface area contributed by atoms with E-state index in [-0.39, 0.29) is 0 Å². The Balaban J connectivity index is 2.19. The lowest BCUT2D eigenvalue weighted by Gasteiger charge is -2.32. The van der Waals surface area contributed by atoms with Crippen molar-refractivity contribution < 1.29 is 4.74 Å². The third-order valence-corrected chi connectivity index (χ3v) is 3.41. The van der Waals surface area contributed by atoms with E-state index in [9.17, 15) is 0 Å². The van der Waals surface area contributed by atoms with Gasteiger partial charge >= 0.3 is 0 Å². The molecule has 0 radical (unpaired) electrons. The van der Waals surface area contributed by atoms with Crippen molar-refractivity contribution in [1.29, 1.82) is 0 Å². The van der Waals surface area contributed by atoms with Gasteiger partial charge in [0.1, 0.15) is 0 Å². The highest BCUT2D eigenvalue weighted by Crippen LogP contribution is 2.19. The van der Waals surface area contributed by atoms with Gasteiger partial charge in [-0.15, -0.1) is 0 Å². The van der Waals surface area contributed by atoms with E-state index in [1.165, 1.54) is 18.6 Å². The van der Waals surface area contributed by atoms with E-state index in [0.29, 0.717) is 18.1 Å². The second-order valence-electron chi connectivity index (χ2n) is 4.32. The van der Waals surface area contributed by atoms with Crippen LogP contribution in [0.3, 0.4) is 0 Å². The summed E-state index contributed by atoms with van der Waals surface area (Å²) in [4.78, 5) is 0. The Morgan fingerprint density at radius 2 is 2.29 bits per heavy atom. The summed E-state index contributed by atoms with van der Waals surface area (Å²) in [6.45, 7) is 6.56. The van der Waals surface area contributed by atoms with Gasteiger partial charge in [0.2, 0.25) is 0 Å². The summed E-state index contributed by atoms with van der Waals surface area (Å²) >= 11 is 1.90. The first kappa shape index (κ1) is 12.3. The first-order valence-electron chi connectivity index (χ1n) is 5.58. The Morgan fingerprint density at radius 3 is 2.93 bits per heavy atom. The molecule has 0 aromatic carbocycles. The molecule has 84 valence electrons. The summed E-state index contributed by atoms with van der Waals surface area (Å²) in [5.74, 6) is 1.86. The summed E-state index contributed by atoms with van der Waals surface area (Å²) in [6.07, 6.45) is 4.99. The topological polar surface area (TPSA) is 21.3 Å². The molecule has 0 spiro atoms. The molecule has 0 aliphatic carbocycles. The van der Waals surface area contributed by atoms with Crippen LogP contribution in [0.1, 0.15) is 26.7 Å². The quantitative estimate of drug-likeness (QED) is 0.713. The van der Waals surface area contributed by atoms with Gasteiger partial charge in [0.15, 0.2) is 0 Å². The van der Waals surface area contributed by atoms with E-state index in [1.54, 1.807) is 0 Å². The monoisotopic (exact) mass is 217 g/mol. The predicted molar refractivity (Wildman–Crippen MR) is 64.0 cm³/mol. The van der Waals surface area contributed by atoms with Crippen LogP contribution in [0.2, 0.25) is 0 Å². The number of thioether (sulfide) groups is 1. The molecule has 2 atom stereocenters. The molecule has 0 aromatic heterocycles. The van der Waals surface area contributed by atoms with Crippen molar-refractivity contribution in [3.63, 3.8) is 0 Å². The molecule has 1 fully saturated rings. The third-order valence-electron chi connectivity index (χ3n) is 2.80. The zero-order valence-electron chi connectivity index (χ0n) is 9.58. The number of nitrogens with one attached hydrogen (secondary N) is 1. The summed E-state index contributed by atoms with van der Waals surface area (Å²) in [5, 5.41) is 3.61. The molecule has 1 aliphatic heterocycles. The molecular weight excluding hydrogens is 194 g/mol. The molecule has 1 saturated heterocycles. The van der Waals surface area contributed by atoms with Crippen LogP contribution in [-0.4, -0.2) is 37.3 Å². The zero-order chi connectivity index (χ0) is 10.4. The van der Waals surface area contributed by atoms with Gasteiger partial charge in [0, 0.05) is 24.9 Å². The van der Waals surface area contributed by atoms with Crippen LogP contribution in [0.25, 0.3) is 0 Å². The highest BCUT2D eigenvalue weighted by Gasteiger charge is 2.24. The highest BCUT2D eigenvalue weighted by molar-refractivity contribution is 7.98. The van der Waals surface area contributed by atoms with Crippen molar-refractivity contribution in [2.45, 2.75) is 38.8 Å².